The average molecular weight is 333 g/mol. The summed E-state index contributed by atoms with van der Waals surface area (Å²) in [6.07, 6.45) is 4.51. The van der Waals surface area contributed by atoms with Crippen molar-refractivity contribution in [2.75, 3.05) is 0 Å². The van der Waals surface area contributed by atoms with Gasteiger partial charge in [-0.15, -0.1) is 0 Å². The number of aryl methyl sites for hydroxylation is 7. The zero-order chi connectivity index (χ0) is 18.5. The van der Waals surface area contributed by atoms with E-state index in [1.54, 1.807) is 0 Å². The first kappa shape index (κ1) is 17.5. The van der Waals surface area contributed by atoms with Crippen LogP contribution in [0.3, 0.4) is 0 Å². The Balaban J connectivity index is 2.37. The number of aromatic nitrogens is 2. The van der Waals surface area contributed by atoms with Gasteiger partial charge >= 0.3 is 0 Å². The predicted molar refractivity (Wildman–Crippen MR) is 106 cm³/mol. The van der Waals surface area contributed by atoms with Crippen molar-refractivity contribution in [3.63, 3.8) is 0 Å². The van der Waals surface area contributed by atoms with E-state index in [9.17, 15) is 0 Å². The molecule has 2 aromatic heterocycles. The highest BCUT2D eigenvalue weighted by Gasteiger charge is 2.22. The Morgan fingerprint density at radius 1 is 0.720 bits per heavy atom. The zero-order valence-corrected chi connectivity index (χ0v) is 16.8. The molecule has 0 amide bonds. The van der Waals surface area contributed by atoms with Crippen LogP contribution < -0.4 is 4.57 Å². The van der Waals surface area contributed by atoms with Gasteiger partial charge in [0.1, 0.15) is 12.7 Å². The minimum absolute atomic E-state index is 1.26. The van der Waals surface area contributed by atoms with Gasteiger partial charge < -0.3 is 4.57 Å². The van der Waals surface area contributed by atoms with Crippen molar-refractivity contribution < 1.29 is 4.57 Å². The summed E-state index contributed by atoms with van der Waals surface area (Å²) in [6.45, 7) is 15.4. The van der Waals surface area contributed by atoms with Crippen molar-refractivity contribution in [1.82, 2.24) is 4.57 Å². The molecule has 0 unspecified atom stereocenters. The molecule has 2 nitrogen and oxygen atoms in total. The van der Waals surface area contributed by atoms with Crippen LogP contribution in [0.5, 0.6) is 0 Å². The molecule has 25 heavy (non-hydrogen) atoms. The normalized spacial score (nSPS) is 11.2. The molecule has 0 spiro atoms. The molecule has 1 aromatic carbocycles. The lowest BCUT2D eigenvalue weighted by molar-refractivity contribution is -0.661. The van der Waals surface area contributed by atoms with E-state index in [0.717, 1.165) is 0 Å². The summed E-state index contributed by atoms with van der Waals surface area (Å²) < 4.78 is 4.64. The second-order valence-corrected chi connectivity index (χ2v) is 7.54. The summed E-state index contributed by atoms with van der Waals surface area (Å²) in [6, 6.07) is 6.86. The fourth-order valence-electron chi connectivity index (χ4n) is 3.88. The maximum absolute atomic E-state index is 2.39. The van der Waals surface area contributed by atoms with Crippen molar-refractivity contribution in [3.05, 3.63) is 69.5 Å². The van der Waals surface area contributed by atoms with E-state index < -0.39 is 0 Å². The van der Waals surface area contributed by atoms with Gasteiger partial charge in [0.25, 0.3) is 0 Å². The number of hydrogen-bond donors (Lipinski definition) is 0. The highest BCUT2D eigenvalue weighted by Crippen LogP contribution is 2.32. The highest BCUT2D eigenvalue weighted by molar-refractivity contribution is 5.66. The third kappa shape index (κ3) is 2.90. The van der Waals surface area contributed by atoms with E-state index in [2.05, 4.69) is 95.2 Å². The summed E-state index contributed by atoms with van der Waals surface area (Å²) in [5.41, 5.74) is 13.1. The smallest absolute Gasteiger partial charge is 0.229 e. The summed E-state index contributed by atoms with van der Waals surface area (Å²) in [5.74, 6) is 0. The van der Waals surface area contributed by atoms with Crippen LogP contribution in [0.1, 0.15) is 38.9 Å². The second-order valence-electron chi connectivity index (χ2n) is 7.54. The first-order chi connectivity index (χ1) is 11.7. The molecule has 0 N–H and O–H groups in total. The first-order valence-electron chi connectivity index (χ1n) is 8.94. The fourth-order valence-corrected chi connectivity index (χ4v) is 3.88. The third-order valence-corrected chi connectivity index (χ3v) is 5.37. The molecule has 3 aromatic rings. The second kappa shape index (κ2) is 6.18. The quantitative estimate of drug-likeness (QED) is 0.575. The lowest BCUT2D eigenvalue weighted by atomic mass is 10.0. The Labute approximate surface area is 151 Å². The molecule has 0 aliphatic rings. The molecule has 0 saturated carbocycles. The largest absolute Gasteiger partial charge is 0.310 e. The van der Waals surface area contributed by atoms with Gasteiger partial charge in [-0.05, 0) is 76.3 Å². The van der Waals surface area contributed by atoms with Crippen LogP contribution in [-0.4, -0.2) is 4.57 Å². The molecule has 0 aliphatic carbocycles. The molecule has 3 rings (SSSR count). The molecular weight excluding hydrogens is 304 g/mol. The standard InChI is InChI=1S/C23H29N2/c1-14-9-16(3)22(17(4)10-14)25-13-19(6)20(7)23(25)21-11-15(2)18(5)12-24(21)8/h9-13H,1-8H3/q+1. The summed E-state index contributed by atoms with van der Waals surface area (Å²) >= 11 is 0. The van der Waals surface area contributed by atoms with Crippen molar-refractivity contribution >= 4 is 0 Å². The monoisotopic (exact) mass is 333 g/mol. The molecule has 0 saturated heterocycles. The number of rotatable bonds is 2. The topological polar surface area (TPSA) is 8.81 Å². The van der Waals surface area contributed by atoms with Crippen LogP contribution in [-0.2, 0) is 7.05 Å². The SMILES string of the molecule is Cc1cc(C)c(-n2cc(C)c(C)c2-c2cc(C)c(C)c[n+]2C)c(C)c1. The van der Waals surface area contributed by atoms with E-state index in [-0.39, 0.29) is 0 Å². The molecule has 130 valence electrons. The summed E-state index contributed by atoms with van der Waals surface area (Å²) in [4.78, 5) is 0. The highest BCUT2D eigenvalue weighted by atomic mass is 15.0. The molecule has 0 radical (unpaired) electrons. The molecule has 2 heteroatoms. The summed E-state index contributed by atoms with van der Waals surface area (Å²) in [5, 5.41) is 0. The number of hydrogen-bond acceptors (Lipinski definition) is 0. The zero-order valence-electron chi connectivity index (χ0n) is 16.8. The molecular formula is C23H29N2+. The first-order valence-corrected chi connectivity index (χ1v) is 8.94. The van der Waals surface area contributed by atoms with Crippen LogP contribution >= 0.6 is 0 Å². The Morgan fingerprint density at radius 2 is 1.32 bits per heavy atom. The lowest BCUT2D eigenvalue weighted by Crippen LogP contribution is -2.32. The van der Waals surface area contributed by atoms with Crippen LogP contribution in [0.25, 0.3) is 17.1 Å². The molecule has 0 aliphatic heterocycles. The minimum atomic E-state index is 1.26. The Hall–Kier alpha value is -2.35. The fraction of sp³-hybridized carbons (Fsp3) is 0.348. The number of nitrogens with zero attached hydrogens (tertiary/aromatic N) is 2. The molecule has 0 fully saturated rings. The van der Waals surface area contributed by atoms with Crippen LogP contribution in [0.2, 0.25) is 0 Å². The van der Waals surface area contributed by atoms with Gasteiger partial charge in [0, 0.05) is 17.8 Å². The van der Waals surface area contributed by atoms with E-state index in [0.29, 0.717) is 0 Å². The molecule has 0 atom stereocenters. The van der Waals surface area contributed by atoms with Gasteiger partial charge in [0.2, 0.25) is 5.69 Å². The van der Waals surface area contributed by atoms with Crippen molar-refractivity contribution in [2.24, 2.45) is 7.05 Å². The summed E-state index contributed by atoms with van der Waals surface area (Å²) in [7, 11) is 2.14. The van der Waals surface area contributed by atoms with Crippen LogP contribution in [0, 0.1) is 48.5 Å². The maximum Gasteiger partial charge on any atom is 0.229 e. The lowest BCUT2D eigenvalue weighted by Gasteiger charge is -2.16. The van der Waals surface area contributed by atoms with E-state index >= 15 is 0 Å². The van der Waals surface area contributed by atoms with Crippen molar-refractivity contribution in [3.8, 4) is 17.1 Å². The number of pyridine rings is 1. The van der Waals surface area contributed by atoms with E-state index in [1.165, 1.54) is 56.0 Å². The Bertz CT molecular complexity index is 951. The van der Waals surface area contributed by atoms with Gasteiger partial charge in [-0.25, -0.2) is 0 Å². The minimum Gasteiger partial charge on any atom is -0.310 e. The number of benzene rings is 1. The molecule has 0 bridgehead atoms. The maximum atomic E-state index is 2.39. The van der Waals surface area contributed by atoms with Crippen LogP contribution in [0.4, 0.5) is 0 Å². The van der Waals surface area contributed by atoms with Crippen molar-refractivity contribution in [1.29, 1.82) is 0 Å². The van der Waals surface area contributed by atoms with Gasteiger partial charge in [-0.3, -0.25) is 0 Å². The van der Waals surface area contributed by atoms with Crippen molar-refractivity contribution in [2.45, 2.75) is 48.5 Å². The Kier molecular flexibility index (Phi) is 4.32. The Morgan fingerprint density at radius 3 is 1.92 bits per heavy atom. The van der Waals surface area contributed by atoms with Gasteiger partial charge in [0.15, 0.2) is 6.20 Å². The van der Waals surface area contributed by atoms with E-state index in [1.807, 2.05) is 0 Å². The average Bonchev–Trinajstić information content (AvgIpc) is 2.77. The predicted octanol–water partition coefficient (Wildman–Crippen LogP) is 5.13. The van der Waals surface area contributed by atoms with Crippen LogP contribution in [0.15, 0.2) is 30.6 Å². The third-order valence-electron chi connectivity index (χ3n) is 5.37. The van der Waals surface area contributed by atoms with Gasteiger partial charge in [0.05, 0.1) is 5.69 Å². The molecule has 2 heterocycles. The van der Waals surface area contributed by atoms with E-state index in [4.69, 9.17) is 0 Å². The van der Waals surface area contributed by atoms with Gasteiger partial charge in [-0.2, -0.15) is 4.57 Å². The van der Waals surface area contributed by atoms with Gasteiger partial charge in [-0.1, -0.05) is 17.7 Å².